The average molecular weight is 230 g/mol. The Morgan fingerprint density at radius 1 is 1.53 bits per heavy atom. The molecule has 0 bridgehead atoms. The van der Waals surface area contributed by atoms with Crippen molar-refractivity contribution in [3.05, 3.63) is 28.5 Å². The summed E-state index contributed by atoms with van der Waals surface area (Å²) in [6.45, 7) is 0.975. The van der Waals surface area contributed by atoms with Crippen molar-refractivity contribution in [3.8, 4) is 5.75 Å². The van der Waals surface area contributed by atoms with Gasteiger partial charge in [0.25, 0.3) is 0 Å². The number of hydrogen-bond acceptors (Lipinski definition) is 2. The van der Waals surface area contributed by atoms with Crippen LogP contribution >= 0.6 is 11.6 Å². The van der Waals surface area contributed by atoms with E-state index in [-0.39, 0.29) is 22.6 Å². The smallest absolute Gasteiger partial charge is 0.134 e. The maximum atomic E-state index is 13.5. The number of hydrogen-bond donors (Lipinski definition) is 2. The Hall–Kier alpha value is -0.800. The molecule has 2 N–H and O–H groups in total. The number of phenols is 1. The zero-order valence-electron chi connectivity index (χ0n) is 8.26. The predicted molar refractivity (Wildman–Crippen MR) is 57.8 cm³/mol. The summed E-state index contributed by atoms with van der Waals surface area (Å²) in [5, 5.41) is 12.8. The lowest BCUT2D eigenvalue weighted by Gasteiger charge is -2.12. The third-order valence-corrected chi connectivity index (χ3v) is 3.20. The predicted octanol–water partition coefficient (Wildman–Crippen LogP) is 2.48. The Bertz CT molecular complexity index is 364. The van der Waals surface area contributed by atoms with Gasteiger partial charge in [-0.3, -0.25) is 0 Å². The fourth-order valence-corrected chi connectivity index (χ4v) is 2.18. The molecule has 0 aliphatic carbocycles. The summed E-state index contributed by atoms with van der Waals surface area (Å²) in [6.07, 6.45) is 2.69. The number of benzene rings is 1. The van der Waals surface area contributed by atoms with E-state index in [0.717, 1.165) is 19.4 Å². The highest BCUT2D eigenvalue weighted by molar-refractivity contribution is 6.32. The van der Waals surface area contributed by atoms with Gasteiger partial charge in [-0.05, 0) is 37.9 Å². The Kier molecular flexibility index (Phi) is 3.12. The Labute approximate surface area is 93.1 Å². The van der Waals surface area contributed by atoms with Gasteiger partial charge in [0.15, 0.2) is 0 Å². The summed E-state index contributed by atoms with van der Waals surface area (Å²) >= 11 is 5.86. The van der Waals surface area contributed by atoms with Gasteiger partial charge < -0.3 is 10.4 Å². The summed E-state index contributed by atoms with van der Waals surface area (Å²) < 4.78 is 13.5. The molecule has 0 radical (unpaired) electrons. The van der Waals surface area contributed by atoms with E-state index in [2.05, 4.69) is 5.32 Å². The number of aromatic hydroxyl groups is 1. The van der Waals surface area contributed by atoms with Crippen molar-refractivity contribution in [1.29, 1.82) is 0 Å². The largest absolute Gasteiger partial charge is 0.506 e. The lowest BCUT2D eigenvalue weighted by atomic mass is 10.0. The van der Waals surface area contributed by atoms with Crippen LogP contribution in [0, 0.1) is 5.82 Å². The molecular formula is C11H13ClFNO. The lowest BCUT2D eigenvalue weighted by molar-refractivity contribution is 0.470. The Morgan fingerprint density at radius 3 is 3.00 bits per heavy atom. The molecule has 1 atom stereocenters. The SMILES string of the molecule is Oc1ccc(F)c(CC2CCCN2)c1Cl. The molecular weight excluding hydrogens is 217 g/mol. The molecule has 4 heteroatoms. The molecule has 0 amide bonds. The van der Waals surface area contributed by atoms with Gasteiger partial charge in [-0.25, -0.2) is 4.39 Å². The van der Waals surface area contributed by atoms with Crippen LogP contribution in [-0.4, -0.2) is 17.7 Å². The van der Waals surface area contributed by atoms with Crippen molar-refractivity contribution in [1.82, 2.24) is 5.32 Å². The van der Waals surface area contributed by atoms with Gasteiger partial charge in [0, 0.05) is 11.6 Å². The first-order chi connectivity index (χ1) is 7.18. The van der Waals surface area contributed by atoms with Crippen LogP contribution in [-0.2, 0) is 6.42 Å². The summed E-state index contributed by atoms with van der Waals surface area (Å²) in [5.74, 6) is -0.391. The van der Waals surface area contributed by atoms with E-state index < -0.39 is 0 Å². The second-order valence-corrected chi connectivity index (χ2v) is 4.23. The molecule has 1 unspecified atom stereocenters. The Morgan fingerprint density at radius 2 is 2.33 bits per heavy atom. The summed E-state index contributed by atoms with van der Waals surface area (Å²) in [6, 6.07) is 2.81. The van der Waals surface area contributed by atoms with Crippen LogP contribution in [0.1, 0.15) is 18.4 Å². The molecule has 15 heavy (non-hydrogen) atoms. The summed E-state index contributed by atoms with van der Waals surface area (Å²) in [7, 11) is 0. The minimum Gasteiger partial charge on any atom is -0.506 e. The third-order valence-electron chi connectivity index (χ3n) is 2.78. The number of rotatable bonds is 2. The molecule has 2 nitrogen and oxygen atoms in total. The van der Waals surface area contributed by atoms with E-state index in [1.165, 1.54) is 12.1 Å². The molecule has 1 aliphatic rings. The van der Waals surface area contributed by atoms with Gasteiger partial charge in [-0.1, -0.05) is 11.6 Å². The summed E-state index contributed by atoms with van der Waals surface area (Å²) in [5.41, 5.74) is 0.413. The topological polar surface area (TPSA) is 32.3 Å². The van der Waals surface area contributed by atoms with Gasteiger partial charge in [-0.2, -0.15) is 0 Å². The number of nitrogens with one attached hydrogen (secondary N) is 1. The zero-order valence-corrected chi connectivity index (χ0v) is 9.02. The van der Waals surface area contributed by atoms with Crippen LogP contribution in [0.4, 0.5) is 4.39 Å². The minimum atomic E-state index is -0.341. The van der Waals surface area contributed by atoms with E-state index in [0.29, 0.717) is 12.0 Å². The first-order valence-corrected chi connectivity index (χ1v) is 5.45. The second kappa shape index (κ2) is 4.37. The van der Waals surface area contributed by atoms with E-state index in [1.54, 1.807) is 0 Å². The second-order valence-electron chi connectivity index (χ2n) is 3.86. The van der Waals surface area contributed by atoms with Crippen LogP contribution in [0.25, 0.3) is 0 Å². The average Bonchev–Trinajstić information content (AvgIpc) is 2.71. The summed E-state index contributed by atoms with van der Waals surface area (Å²) in [4.78, 5) is 0. The number of phenolic OH excluding ortho intramolecular Hbond substituents is 1. The van der Waals surface area contributed by atoms with E-state index >= 15 is 0 Å². The normalized spacial score (nSPS) is 20.8. The van der Waals surface area contributed by atoms with Crippen LogP contribution in [0.15, 0.2) is 12.1 Å². The van der Waals surface area contributed by atoms with E-state index in [9.17, 15) is 9.50 Å². The van der Waals surface area contributed by atoms with Crippen LogP contribution < -0.4 is 5.32 Å². The molecule has 1 fully saturated rings. The first-order valence-electron chi connectivity index (χ1n) is 5.07. The Balaban J connectivity index is 2.22. The highest BCUT2D eigenvalue weighted by atomic mass is 35.5. The molecule has 1 aromatic carbocycles. The lowest BCUT2D eigenvalue weighted by Crippen LogP contribution is -2.24. The van der Waals surface area contributed by atoms with Crippen molar-refractivity contribution >= 4 is 11.6 Å². The standard InChI is InChI=1S/C11H13ClFNO/c12-11-8(6-7-2-1-5-14-7)9(13)3-4-10(11)15/h3-4,7,14-15H,1-2,5-6H2. The van der Waals surface area contributed by atoms with Crippen LogP contribution in [0.2, 0.25) is 5.02 Å². The molecule has 1 saturated heterocycles. The third kappa shape index (κ3) is 2.24. The maximum Gasteiger partial charge on any atom is 0.134 e. The fraction of sp³-hybridized carbons (Fsp3) is 0.455. The molecule has 0 saturated carbocycles. The van der Waals surface area contributed by atoms with Crippen molar-refractivity contribution in [2.75, 3.05) is 6.54 Å². The maximum absolute atomic E-state index is 13.5. The fourth-order valence-electron chi connectivity index (χ4n) is 1.95. The highest BCUT2D eigenvalue weighted by Gasteiger charge is 2.19. The molecule has 1 heterocycles. The van der Waals surface area contributed by atoms with Crippen molar-refractivity contribution in [3.63, 3.8) is 0 Å². The van der Waals surface area contributed by atoms with Gasteiger partial charge >= 0.3 is 0 Å². The van der Waals surface area contributed by atoms with Gasteiger partial charge in [0.1, 0.15) is 11.6 Å². The molecule has 1 aromatic rings. The van der Waals surface area contributed by atoms with Gasteiger partial charge in [0.2, 0.25) is 0 Å². The zero-order chi connectivity index (χ0) is 10.8. The molecule has 82 valence electrons. The number of halogens is 2. The molecule has 1 aliphatic heterocycles. The van der Waals surface area contributed by atoms with E-state index in [1.807, 2.05) is 0 Å². The first kappa shape index (κ1) is 10.7. The molecule has 0 spiro atoms. The monoisotopic (exact) mass is 229 g/mol. The van der Waals surface area contributed by atoms with E-state index in [4.69, 9.17) is 11.6 Å². The van der Waals surface area contributed by atoms with Crippen LogP contribution in [0.3, 0.4) is 0 Å². The van der Waals surface area contributed by atoms with Gasteiger partial charge in [-0.15, -0.1) is 0 Å². The highest BCUT2D eigenvalue weighted by Crippen LogP contribution is 2.30. The molecule has 0 aromatic heterocycles. The van der Waals surface area contributed by atoms with Crippen LogP contribution in [0.5, 0.6) is 5.75 Å². The van der Waals surface area contributed by atoms with Crippen molar-refractivity contribution in [2.45, 2.75) is 25.3 Å². The molecule has 2 rings (SSSR count). The quantitative estimate of drug-likeness (QED) is 0.817. The van der Waals surface area contributed by atoms with Gasteiger partial charge in [0.05, 0.1) is 5.02 Å². The van der Waals surface area contributed by atoms with Crippen molar-refractivity contribution < 1.29 is 9.50 Å². The minimum absolute atomic E-state index is 0.0499. The van der Waals surface area contributed by atoms with Crippen molar-refractivity contribution in [2.24, 2.45) is 0 Å².